The lowest BCUT2D eigenvalue weighted by atomic mass is 10.4. The van der Waals surface area contributed by atoms with Gasteiger partial charge < -0.3 is 19.6 Å². The van der Waals surface area contributed by atoms with Gasteiger partial charge in [-0.25, -0.2) is 0 Å². The van der Waals surface area contributed by atoms with Gasteiger partial charge in [-0.15, -0.1) is 11.3 Å². The molecule has 1 aromatic rings. The predicted octanol–water partition coefficient (Wildman–Crippen LogP) is 1.79. The van der Waals surface area contributed by atoms with Gasteiger partial charge in [0, 0.05) is 0 Å². The molecule has 0 unspecified atom stereocenters. The first-order chi connectivity index (χ1) is 7.10. The van der Waals surface area contributed by atoms with E-state index >= 15 is 0 Å². The third kappa shape index (κ3) is 3.98. The van der Waals surface area contributed by atoms with E-state index in [2.05, 4.69) is 0 Å². The third-order valence-electron chi connectivity index (χ3n) is 1.50. The van der Waals surface area contributed by atoms with E-state index in [-0.39, 0.29) is 0 Å². The Balaban J connectivity index is 2.97. The van der Waals surface area contributed by atoms with Crippen LogP contribution in [0.15, 0.2) is 15.7 Å². The molecular formula is C6H10O6P2S2. The van der Waals surface area contributed by atoms with E-state index in [4.69, 9.17) is 19.6 Å². The highest BCUT2D eigenvalue weighted by atomic mass is 32.2. The van der Waals surface area contributed by atoms with Crippen molar-refractivity contribution in [3.8, 4) is 0 Å². The maximum Gasteiger partial charge on any atom is 0.351 e. The first-order valence-electron chi connectivity index (χ1n) is 3.93. The molecule has 0 radical (unpaired) electrons. The molecule has 0 bridgehead atoms. The Morgan fingerprint density at radius 2 is 1.75 bits per heavy atom. The second-order valence-electron chi connectivity index (χ2n) is 3.07. The summed E-state index contributed by atoms with van der Waals surface area (Å²) in [5.74, 6) is 0. The normalized spacial score (nSPS) is 13.4. The van der Waals surface area contributed by atoms with Crippen molar-refractivity contribution < 1.29 is 28.7 Å². The number of hydrogen-bond acceptors (Lipinski definition) is 4. The standard InChI is InChI=1S/C6H10O6P2S2/c1-4-2-5(15-3-4)16-6(13(7,8)9)14(10,11)12/h2-3,6H,1H3,(H2,7,8,9)(H2,10,11,12). The minimum absolute atomic E-state index is 0.467. The molecule has 1 rings (SSSR count). The summed E-state index contributed by atoms with van der Waals surface area (Å²) in [6.07, 6.45) is 0. The number of thioether (sulfide) groups is 1. The molecule has 4 N–H and O–H groups in total. The summed E-state index contributed by atoms with van der Waals surface area (Å²) in [6, 6.07) is 1.62. The molecule has 0 spiro atoms. The fraction of sp³-hybridized carbons (Fsp3) is 0.333. The quantitative estimate of drug-likeness (QED) is 0.495. The lowest BCUT2D eigenvalue weighted by molar-refractivity contribution is 0.352. The fourth-order valence-corrected chi connectivity index (χ4v) is 6.42. The summed E-state index contributed by atoms with van der Waals surface area (Å²) in [5, 5.41) is 1.73. The summed E-state index contributed by atoms with van der Waals surface area (Å²) in [7, 11) is -9.69. The monoisotopic (exact) mass is 304 g/mol. The van der Waals surface area contributed by atoms with Gasteiger partial charge in [0.25, 0.3) is 0 Å². The van der Waals surface area contributed by atoms with Crippen LogP contribution in [-0.4, -0.2) is 24.3 Å². The van der Waals surface area contributed by atoms with E-state index in [0.717, 1.165) is 5.56 Å². The number of rotatable bonds is 4. The van der Waals surface area contributed by atoms with Gasteiger partial charge in [-0.2, -0.15) is 0 Å². The summed E-state index contributed by atoms with van der Waals surface area (Å²) in [6.45, 7) is 1.78. The molecule has 0 aliphatic heterocycles. The van der Waals surface area contributed by atoms with Crippen molar-refractivity contribution in [3.63, 3.8) is 0 Å². The molecule has 0 fully saturated rings. The molecule has 0 aromatic carbocycles. The van der Waals surface area contributed by atoms with E-state index in [9.17, 15) is 9.13 Å². The molecule has 0 aliphatic rings. The van der Waals surface area contributed by atoms with E-state index in [1.807, 2.05) is 0 Å². The number of aryl methyl sites for hydroxylation is 1. The summed E-state index contributed by atoms with van der Waals surface area (Å²) >= 11 is 1.70. The average molecular weight is 304 g/mol. The molecule has 0 saturated carbocycles. The van der Waals surface area contributed by atoms with Crippen LogP contribution in [0.4, 0.5) is 0 Å². The molecule has 0 amide bonds. The lowest BCUT2D eigenvalue weighted by Crippen LogP contribution is -2.03. The molecule has 16 heavy (non-hydrogen) atoms. The Labute approximate surface area is 100 Å². The molecule has 6 nitrogen and oxygen atoms in total. The van der Waals surface area contributed by atoms with E-state index < -0.39 is 19.9 Å². The van der Waals surface area contributed by atoms with Crippen molar-refractivity contribution in [1.29, 1.82) is 0 Å². The maximum atomic E-state index is 11.0. The van der Waals surface area contributed by atoms with Gasteiger partial charge in [-0.05, 0) is 23.9 Å². The molecule has 1 aromatic heterocycles. The Bertz CT molecular complexity index is 437. The van der Waals surface area contributed by atoms with Crippen molar-refractivity contribution in [1.82, 2.24) is 0 Å². The van der Waals surface area contributed by atoms with Gasteiger partial charge in [-0.3, -0.25) is 9.13 Å². The molecule has 0 atom stereocenters. The van der Waals surface area contributed by atoms with Crippen LogP contribution in [0.2, 0.25) is 0 Å². The van der Waals surface area contributed by atoms with Crippen molar-refractivity contribution in [2.24, 2.45) is 0 Å². The molecule has 1 heterocycles. The van der Waals surface area contributed by atoms with Gasteiger partial charge in [0.05, 0.1) is 4.21 Å². The van der Waals surface area contributed by atoms with Gasteiger partial charge in [0.15, 0.2) is 0 Å². The van der Waals surface area contributed by atoms with Gasteiger partial charge in [0.2, 0.25) is 4.73 Å². The predicted molar refractivity (Wildman–Crippen MR) is 62.8 cm³/mol. The second-order valence-corrected chi connectivity index (χ2v) is 9.88. The largest absolute Gasteiger partial charge is 0.351 e. The zero-order valence-electron chi connectivity index (χ0n) is 8.05. The van der Waals surface area contributed by atoms with Crippen molar-refractivity contribution >= 4 is 38.3 Å². The smallest absolute Gasteiger partial charge is 0.323 e. The molecular weight excluding hydrogens is 294 g/mol. The number of thiophene rings is 1. The molecule has 10 heteroatoms. The van der Waals surface area contributed by atoms with Gasteiger partial charge >= 0.3 is 15.2 Å². The maximum absolute atomic E-state index is 11.0. The second kappa shape index (κ2) is 4.92. The van der Waals surface area contributed by atoms with Crippen LogP contribution in [0, 0.1) is 6.92 Å². The average Bonchev–Trinajstić information content (AvgIpc) is 2.43. The van der Waals surface area contributed by atoms with E-state index in [1.54, 1.807) is 18.4 Å². The summed E-state index contributed by atoms with van der Waals surface area (Å²) < 4.78 is 20.4. The van der Waals surface area contributed by atoms with Crippen LogP contribution in [0.5, 0.6) is 0 Å². The zero-order chi connectivity index (χ0) is 12.6. The zero-order valence-corrected chi connectivity index (χ0v) is 11.5. The Morgan fingerprint density at radius 1 is 1.25 bits per heavy atom. The highest BCUT2D eigenvalue weighted by molar-refractivity contribution is 8.13. The minimum Gasteiger partial charge on any atom is -0.323 e. The lowest BCUT2D eigenvalue weighted by Gasteiger charge is -2.17. The summed E-state index contributed by atoms with van der Waals surface area (Å²) in [5.41, 5.74) is 0.877. The number of hydrogen-bond donors (Lipinski definition) is 4. The van der Waals surface area contributed by atoms with E-state index in [0.29, 0.717) is 16.0 Å². The Morgan fingerprint density at radius 3 is 2.06 bits per heavy atom. The molecule has 0 saturated heterocycles. The van der Waals surface area contributed by atoms with Crippen molar-refractivity contribution in [3.05, 3.63) is 17.0 Å². The SMILES string of the molecule is Cc1csc(SC(P(=O)(O)O)P(=O)(O)O)c1. The highest BCUT2D eigenvalue weighted by Crippen LogP contribution is 2.66. The van der Waals surface area contributed by atoms with Gasteiger partial charge in [-0.1, -0.05) is 11.8 Å². The first kappa shape index (κ1) is 14.4. The van der Waals surface area contributed by atoms with Crippen molar-refractivity contribution in [2.75, 3.05) is 0 Å². The van der Waals surface area contributed by atoms with Crippen LogP contribution < -0.4 is 0 Å². The topological polar surface area (TPSA) is 115 Å². The fourth-order valence-electron chi connectivity index (χ4n) is 0.904. The van der Waals surface area contributed by atoms with E-state index in [1.165, 1.54) is 11.3 Å². The van der Waals surface area contributed by atoms with Crippen LogP contribution in [0.3, 0.4) is 0 Å². The molecule has 0 aliphatic carbocycles. The van der Waals surface area contributed by atoms with Crippen LogP contribution in [0.1, 0.15) is 5.56 Å². The van der Waals surface area contributed by atoms with Crippen LogP contribution in [0.25, 0.3) is 0 Å². The molecule has 92 valence electrons. The summed E-state index contributed by atoms with van der Waals surface area (Å²) in [4.78, 5) is 35.5. The van der Waals surface area contributed by atoms with Gasteiger partial charge in [0.1, 0.15) is 0 Å². The Kier molecular flexibility index (Phi) is 4.43. The van der Waals surface area contributed by atoms with Crippen LogP contribution in [-0.2, 0) is 9.13 Å². The van der Waals surface area contributed by atoms with Crippen LogP contribution >= 0.6 is 38.3 Å². The highest BCUT2D eigenvalue weighted by Gasteiger charge is 2.44. The first-order valence-corrected chi connectivity index (χ1v) is 9.05. The third-order valence-corrected chi connectivity index (χ3v) is 8.72. The Hall–Kier alpha value is 0.350. The van der Waals surface area contributed by atoms with Crippen molar-refractivity contribution in [2.45, 2.75) is 15.9 Å². The minimum atomic E-state index is -4.85.